The number of benzene rings is 1. The molecule has 0 saturated heterocycles. The van der Waals surface area contributed by atoms with E-state index in [0.717, 1.165) is 17.8 Å². The van der Waals surface area contributed by atoms with Gasteiger partial charge in [-0.05, 0) is 38.8 Å². The number of nitrogen functional groups attached to an aromatic ring is 1. The van der Waals surface area contributed by atoms with Crippen LogP contribution in [0.25, 0.3) is 21.3 Å². The van der Waals surface area contributed by atoms with Crippen LogP contribution >= 0.6 is 11.3 Å². The van der Waals surface area contributed by atoms with Gasteiger partial charge in [-0.1, -0.05) is 18.4 Å². The molecule has 0 radical (unpaired) electrons. The lowest BCUT2D eigenvalue weighted by molar-refractivity contribution is -0.133. The number of thiazole rings is 1. The predicted octanol–water partition coefficient (Wildman–Crippen LogP) is 4.49. The van der Waals surface area contributed by atoms with E-state index in [9.17, 15) is 4.79 Å². The lowest BCUT2D eigenvalue weighted by atomic mass is 9.98. The monoisotopic (exact) mass is 504 g/mol. The average Bonchev–Trinajstić information content (AvgIpc) is 3.53. The number of nitrogens with zero attached hydrogens (tertiary/aromatic N) is 5. The van der Waals surface area contributed by atoms with Gasteiger partial charge in [-0.25, -0.2) is 23.7 Å². The van der Waals surface area contributed by atoms with Crippen molar-refractivity contribution in [1.29, 1.82) is 0 Å². The van der Waals surface area contributed by atoms with Crippen LogP contribution in [0.1, 0.15) is 54.4 Å². The van der Waals surface area contributed by atoms with Crippen LogP contribution in [0.15, 0.2) is 25.0 Å². The van der Waals surface area contributed by atoms with Gasteiger partial charge in [0.1, 0.15) is 29.1 Å². The number of anilines is 1. The first-order valence-corrected chi connectivity index (χ1v) is 12.4. The Labute approximate surface area is 209 Å². The molecule has 4 aromatic rings. The molecular weight excluding hydrogens is 482 g/mol. The summed E-state index contributed by atoms with van der Waals surface area (Å²) in [6.45, 7) is 8.14. The van der Waals surface area contributed by atoms with Gasteiger partial charge < -0.3 is 15.2 Å². The standard InChI is InChI=1S/C26H22F2N6OS/c1-4-19(35)34-10-17-15(20-23(29)30-12-31-24(20)33(17)11-26(34,2)3)8-7-14-16(27)9-18-22(21(14)28)32-25(36-18)13-5-6-13/h4,9,12-13H,1,5-6,10-11H2,2-3H3,(H2,29,30,31). The molecule has 1 saturated carbocycles. The Bertz CT molecular complexity index is 1670. The second kappa shape index (κ2) is 7.83. The van der Waals surface area contributed by atoms with E-state index < -0.39 is 17.2 Å². The second-order valence-electron chi connectivity index (χ2n) is 9.78. The smallest absolute Gasteiger partial charge is 0.246 e. The molecule has 0 atom stereocenters. The van der Waals surface area contributed by atoms with Gasteiger partial charge in [-0.15, -0.1) is 11.3 Å². The van der Waals surface area contributed by atoms with Crippen molar-refractivity contribution >= 4 is 44.3 Å². The van der Waals surface area contributed by atoms with Crippen LogP contribution in [0, 0.1) is 23.5 Å². The Kier molecular flexibility index (Phi) is 4.92. The molecule has 3 aromatic heterocycles. The van der Waals surface area contributed by atoms with E-state index in [0.29, 0.717) is 39.5 Å². The highest BCUT2D eigenvalue weighted by atomic mass is 32.1. The third kappa shape index (κ3) is 3.38. The van der Waals surface area contributed by atoms with Crippen LogP contribution in [-0.2, 0) is 17.9 Å². The first kappa shape index (κ1) is 22.6. The lowest BCUT2D eigenvalue weighted by Crippen LogP contribution is -2.52. The van der Waals surface area contributed by atoms with E-state index in [2.05, 4.69) is 33.4 Å². The molecule has 0 unspecified atom stereocenters. The van der Waals surface area contributed by atoms with Crippen LogP contribution in [0.5, 0.6) is 0 Å². The summed E-state index contributed by atoms with van der Waals surface area (Å²) in [7, 11) is 0. The fourth-order valence-corrected chi connectivity index (χ4v) is 5.95. The molecule has 0 spiro atoms. The van der Waals surface area contributed by atoms with Gasteiger partial charge in [0.2, 0.25) is 5.91 Å². The highest BCUT2D eigenvalue weighted by Crippen LogP contribution is 2.44. The largest absolute Gasteiger partial charge is 0.383 e. The zero-order valence-electron chi connectivity index (χ0n) is 19.7. The molecule has 6 rings (SSSR count). The van der Waals surface area contributed by atoms with Crippen LogP contribution < -0.4 is 5.73 Å². The van der Waals surface area contributed by atoms with Crippen molar-refractivity contribution < 1.29 is 13.6 Å². The third-order valence-corrected chi connectivity index (χ3v) is 8.00. The van der Waals surface area contributed by atoms with E-state index in [4.69, 9.17) is 5.73 Å². The topological polar surface area (TPSA) is 89.9 Å². The highest BCUT2D eigenvalue weighted by Gasteiger charge is 2.38. The number of nitrogens with two attached hydrogens (primary N) is 1. The normalized spacial score (nSPS) is 16.6. The van der Waals surface area contributed by atoms with Crippen molar-refractivity contribution in [3.63, 3.8) is 0 Å². The Morgan fingerprint density at radius 1 is 1.28 bits per heavy atom. The Balaban J connectivity index is 1.54. The number of amides is 1. The summed E-state index contributed by atoms with van der Waals surface area (Å²) in [6, 6.07) is 1.30. The molecule has 182 valence electrons. The number of aromatic nitrogens is 4. The Hall–Kier alpha value is -3.84. The van der Waals surface area contributed by atoms with E-state index in [1.165, 1.54) is 29.8 Å². The summed E-state index contributed by atoms with van der Waals surface area (Å²) in [4.78, 5) is 27.3. The maximum absolute atomic E-state index is 15.4. The molecule has 1 fully saturated rings. The number of hydrogen-bond donors (Lipinski definition) is 1. The minimum absolute atomic E-state index is 0.142. The molecule has 10 heteroatoms. The summed E-state index contributed by atoms with van der Waals surface area (Å²) in [5.74, 6) is 4.44. The molecule has 1 aliphatic carbocycles. The molecule has 36 heavy (non-hydrogen) atoms. The van der Waals surface area contributed by atoms with Crippen molar-refractivity contribution in [2.45, 2.75) is 51.2 Å². The SMILES string of the molecule is C=CC(=O)N1Cc2c(C#Cc3c(F)cc4sc(C5CC5)nc4c3F)c3c(N)ncnc3n2CC1(C)C. The van der Waals surface area contributed by atoms with Crippen molar-refractivity contribution in [3.05, 3.63) is 58.5 Å². The maximum Gasteiger partial charge on any atom is 0.246 e. The predicted molar refractivity (Wildman–Crippen MR) is 134 cm³/mol. The molecular formula is C26H22F2N6OS. The second-order valence-corrected chi connectivity index (χ2v) is 10.8. The van der Waals surface area contributed by atoms with Crippen LogP contribution in [0.2, 0.25) is 0 Å². The molecule has 0 bridgehead atoms. The Morgan fingerprint density at radius 2 is 2.03 bits per heavy atom. The quantitative estimate of drug-likeness (QED) is 0.321. The number of fused-ring (bicyclic) bond motifs is 4. The summed E-state index contributed by atoms with van der Waals surface area (Å²) in [5, 5.41) is 1.33. The molecule has 1 aliphatic heterocycles. The summed E-state index contributed by atoms with van der Waals surface area (Å²) in [6.07, 6.45) is 4.68. The molecule has 2 aliphatic rings. The summed E-state index contributed by atoms with van der Waals surface area (Å²) < 4.78 is 32.8. The highest BCUT2D eigenvalue weighted by molar-refractivity contribution is 7.18. The molecule has 7 nitrogen and oxygen atoms in total. The van der Waals surface area contributed by atoms with Gasteiger partial charge in [0.05, 0.1) is 44.0 Å². The van der Waals surface area contributed by atoms with Gasteiger partial charge >= 0.3 is 0 Å². The van der Waals surface area contributed by atoms with Gasteiger partial charge in [0.15, 0.2) is 5.82 Å². The number of hydrogen-bond acceptors (Lipinski definition) is 6. The van der Waals surface area contributed by atoms with Crippen molar-refractivity contribution in [3.8, 4) is 11.8 Å². The van der Waals surface area contributed by atoms with Crippen LogP contribution in [-0.4, -0.2) is 35.9 Å². The number of carbonyl (C=O) groups excluding carboxylic acids is 1. The van der Waals surface area contributed by atoms with Gasteiger partial charge in [0, 0.05) is 12.5 Å². The van der Waals surface area contributed by atoms with E-state index in [1.807, 2.05) is 18.4 Å². The molecule has 4 heterocycles. The zero-order chi connectivity index (χ0) is 25.4. The van der Waals surface area contributed by atoms with Gasteiger partial charge in [-0.2, -0.15) is 0 Å². The van der Waals surface area contributed by atoms with Crippen molar-refractivity contribution in [1.82, 2.24) is 24.4 Å². The first-order valence-electron chi connectivity index (χ1n) is 11.6. The van der Waals surface area contributed by atoms with Gasteiger partial charge in [0.25, 0.3) is 0 Å². The van der Waals surface area contributed by atoms with Gasteiger partial charge in [-0.3, -0.25) is 4.79 Å². The van der Waals surface area contributed by atoms with E-state index in [1.54, 1.807) is 4.90 Å². The van der Waals surface area contributed by atoms with E-state index >= 15 is 8.78 Å². The lowest BCUT2D eigenvalue weighted by Gasteiger charge is -2.43. The number of rotatable bonds is 2. The summed E-state index contributed by atoms with van der Waals surface area (Å²) >= 11 is 1.33. The minimum atomic E-state index is -0.771. The Morgan fingerprint density at radius 3 is 2.75 bits per heavy atom. The third-order valence-electron chi connectivity index (χ3n) is 6.83. The summed E-state index contributed by atoms with van der Waals surface area (Å²) in [5.41, 5.74) is 7.13. The molecule has 1 amide bonds. The molecule has 1 aromatic carbocycles. The molecule has 2 N–H and O–H groups in total. The van der Waals surface area contributed by atoms with Crippen LogP contribution in [0.3, 0.4) is 0 Å². The number of carbonyl (C=O) groups is 1. The maximum atomic E-state index is 15.4. The fraction of sp³-hybridized carbons (Fsp3) is 0.308. The minimum Gasteiger partial charge on any atom is -0.383 e. The first-order chi connectivity index (χ1) is 17.2. The zero-order valence-corrected chi connectivity index (χ0v) is 20.5. The van der Waals surface area contributed by atoms with Crippen molar-refractivity contribution in [2.24, 2.45) is 0 Å². The van der Waals surface area contributed by atoms with E-state index in [-0.39, 0.29) is 29.3 Å². The number of halogens is 2. The van der Waals surface area contributed by atoms with Crippen LogP contribution in [0.4, 0.5) is 14.6 Å². The van der Waals surface area contributed by atoms with Crippen molar-refractivity contribution in [2.75, 3.05) is 5.73 Å². The average molecular weight is 505 g/mol. The fourth-order valence-electron chi connectivity index (χ4n) is 4.79.